The van der Waals surface area contributed by atoms with Crippen molar-refractivity contribution in [2.45, 2.75) is 57.1 Å². The molecule has 0 spiro atoms. The summed E-state index contributed by atoms with van der Waals surface area (Å²) in [6.45, 7) is 5.59. The van der Waals surface area contributed by atoms with Gasteiger partial charge in [-0.1, -0.05) is 19.9 Å². The lowest BCUT2D eigenvalue weighted by molar-refractivity contribution is -0.164. The lowest BCUT2D eigenvalue weighted by Gasteiger charge is -2.46. The molecule has 3 amide bonds. The number of anilines is 1. The van der Waals surface area contributed by atoms with Gasteiger partial charge in [0.05, 0.1) is 39.7 Å². The average Bonchev–Trinajstić information content (AvgIpc) is 3.44. The summed E-state index contributed by atoms with van der Waals surface area (Å²) in [5.74, 6) is -3.55. The van der Waals surface area contributed by atoms with Crippen molar-refractivity contribution in [3.63, 3.8) is 0 Å². The molecular weight excluding hydrogens is 561 g/mol. The molecule has 2 fully saturated rings. The Morgan fingerprint density at radius 1 is 1.27 bits per heavy atom. The van der Waals surface area contributed by atoms with E-state index < -0.39 is 48.0 Å². The van der Waals surface area contributed by atoms with Crippen LogP contribution in [0.1, 0.15) is 44.0 Å². The standard InChI is InChI=1S/C26H32N3O9PS/c1-4-8-37-25(35)20-21(12(2)19-18(13(3)30)23(32)29(19)20)40-16-10-17(28(11-16)26(36)38-39)22(31)27-15-7-5-6-14(9-15)24(33)34/h5-7,9,12-13,16-19,30H,4,8,10-11,39H2,1-3H3,(H,27,31)(H,33,34)/t12-,13-,16+,17+,18-,19-/m1/s1. The molecule has 3 aliphatic rings. The van der Waals surface area contributed by atoms with Crippen molar-refractivity contribution < 1.29 is 43.4 Å². The smallest absolute Gasteiger partial charge is 0.412 e. The van der Waals surface area contributed by atoms with Crippen molar-refractivity contribution in [3.8, 4) is 0 Å². The molecule has 216 valence electrons. The van der Waals surface area contributed by atoms with Crippen molar-refractivity contribution in [3.05, 3.63) is 40.4 Å². The first kappa shape index (κ1) is 29.8. The molecule has 0 saturated carbocycles. The van der Waals surface area contributed by atoms with Crippen LogP contribution in [-0.4, -0.2) is 86.4 Å². The Morgan fingerprint density at radius 3 is 2.62 bits per heavy atom. The van der Waals surface area contributed by atoms with E-state index in [1.807, 2.05) is 23.3 Å². The molecule has 12 nitrogen and oxygen atoms in total. The third kappa shape index (κ3) is 5.55. The number of nitrogens with one attached hydrogen (secondary N) is 1. The molecule has 3 heterocycles. The van der Waals surface area contributed by atoms with E-state index >= 15 is 0 Å². The van der Waals surface area contributed by atoms with E-state index in [0.717, 1.165) is 0 Å². The van der Waals surface area contributed by atoms with Crippen LogP contribution in [0.4, 0.5) is 10.5 Å². The first-order valence-electron chi connectivity index (χ1n) is 12.9. The summed E-state index contributed by atoms with van der Waals surface area (Å²) < 4.78 is 10.2. The van der Waals surface area contributed by atoms with Crippen molar-refractivity contribution in [2.75, 3.05) is 18.5 Å². The highest BCUT2D eigenvalue weighted by atomic mass is 32.2. The molecule has 14 heteroatoms. The molecule has 1 aromatic rings. The third-order valence-electron chi connectivity index (χ3n) is 7.31. The van der Waals surface area contributed by atoms with Gasteiger partial charge >= 0.3 is 18.0 Å². The monoisotopic (exact) mass is 593 g/mol. The summed E-state index contributed by atoms with van der Waals surface area (Å²) in [5, 5.41) is 21.8. The van der Waals surface area contributed by atoms with Gasteiger partial charge in [0.25, 0.3) is 0 Å². The second kappa shape index (κ2) is 12.2. The quantitative estimate of drug-likeness (QED) is 0.220. The van der Waals surface area contributed by atoms with Crippen LogP contribution in [0, 0.1) is 11.8 Å². The Labute approximate surface area is 237 Å². The number of likely N-dealkylation sites (tertiary alicyclic amines) is 1. The normalized spacial score (nSPS) is 26.2. The number of benzene rings is 1. The molecule has 4 rings (SSSR count). The second-order valence-electron chi connectivity index (χ2n) is 10.0. The summed E-state index contributed by atoms with van der Waals surface area (Å²) >= 11 is 1.31. The number of fused-ring (bicyclic) bond motifs is 1. The van der Waals surface area contributed by atoms with E-state index in [9.17, 15) is 34.2 Å². The van der Waals surface area contributed by atoms with Crippen LogP contribution in [-0.2, 0) is 23.6 Å². The molecule has 40 heavy (non-hydrogen) atoms. The van der Waals surface area contributed by atoms with Gasteiger partial charge in [-0.3, -0.25) is 14.5 Å². The predicted molar refractivity (Wildman–Crippen MR) is 148 cm³/mol. The number of aliphatic hydroxyl groups is 1. The maximum absolute atomic E-state index is 13.2. The molecule has 0 aliphatic carbocycles. The number of hydrogen-bond acceptors (Lipinski definition) is 9. The summed E-state index contributed by atoms with van der Waals surface area (Å²) in [6.07, 6.45) is -0.816. The Morgan fingerprint density at radius 2 is 2.00 bits per heavy atom. The summed E-state index contributed by atoms with van der Waals surface area (Å²) in [4.78, 5) is 66.4. The van der Waals surface area contributed by atoms with Crippen LogP contribution in [0.25, 0.3) is 0 Å². The molecule has 3 aliphatic heterocycles. The molecule has 2 saturated heterocycles. The van der Waals surface area contributed by atoms with Gasteiger partial charge in [-0.25, -0.2) is 14.4 Å². The Bertz CT molecular complexity index is 1260. The second-order valence-corrected chi connectivity index (χ2v) is 11.6. The molecule has 0 radical (unpaired) electrons. The van der Waals surface area contributed by atoms with Crippen molar-refractivity contribution in [1.29, 1.82) is 0 Å². The topological polar surface area (TPSA) is 163 Å². The lowest BCUT2D eigenvalue weighted by atomic mass is 9.79. The van der Waals surface area contributed by atoms with Gasteiger partial charge in [-0.2, -0.15) is 0 Å². The molecule has 7 atom stereocenters. The predicted octanol–water partition coefficient (Wildman–Crippen LogP) is 2.45. The van der Waals surface area contributed by atoms with Crippen LogP contribution in [0.3, 0.4) is 0 Å². The molecule has 0 aromatic heterocycles. The lowest BCUT2D eigenvalue weighted by Crippen LogP contribution is -2.63. The van der Waals surface area contributed by atoms with E-state index in [2.05, 4.69) is 5.32 Å². The van der Waals surface area contributed by atoms with Crippen LogP contribution in [0.2, 0.25) is 0 Å². The number of esters is 1. The minimum Gasteiger partial charge on any atom is -0.478 e. The van der Waals surface area contributed by atoms with Gasteiger partial charge in [0.2, 0.25) is 11.8 Å². The number of amides is 3. The highest BCUT2D eigenvalue weighted by molar-refractivity contribution is 8.03. The average molecular weight is 594 g/mol. The first-order chi connectivity index (χ1) is 19.0. The number of β-lactam (4-membered cyclic amide) rings is 1. The summed E-state index contributed by atoms with van der Waals surface area (Å²) in [7, 11) is 1.87. The van der Waals surface area contributed by atoms with Crippen molar-refractivity contribution in [2.24, 2.45) is 11.8 Å². The van der Waals surface area contributed by atoms with E-state index in [4.69, 9.17) is 9.26 Å². The third-order valence-corrected chi connectivity index (χ3v) is 9.01. The molecular formula is C26H32N3O9PS. The largest absolute Gasteiger partial charge is 0.478 e. The number of carboxylic acids is 1. The molecule has 1 unspecified atom stereocenters. The van der Waals surface area contributed by atoms with Crippen LogP contribution in [0.5, 0.6) is 0 Å². The number of ether oxygens (including phenoxy) is 1. The van der Waals surface area contributed by atoms with Crippen LogP contribution in [0.15, 0.2) is 34.9 Å². The molecule has 1 aromatic carbocycles. The highest BCUT2D eigenvalue weighted by Gasteiger charge is 2.60. The van der Waals surface area contributed by atoms with Gasteiger partial charge < -0.3 is 29.7 Å². The number of carbonyl (C=O) groups is 5. The number of nitrogens with zero attached hydrogens (tertiary/aromatic N) is 2. The number of aromatic carboxylic acids is 1. The van der Waals surface area contributed by atoms with Gasteiger partial charge in [0, 0.05) is 28.3 Å². The van der Waals surface area contributed by atoms with E-state index in [1.54, 1.807) is 13.0 Å². The number of thioether (sulfide) groups is 1. The minimum atomic E-state index is -1.14. The summed E-state index contributed by atoms with van der Waals surface area (Å²) in [6, 6.07) is 4.43. The Balaban J connectivity index is 1.58. The zero-order chi connectivity index (χ0) is 29.3. The van der Waals surface area contributed by atoms with Gasteiger partial charge in [-0.05, 0) is 38.0 Å². The number of rotatable bonds is 9. The van der Waals surface area contributed by atoms with Gasteiger partial charge in [0.1, 0.15) is 11.7 Å². The van der Waals surface area contributed by atoms with Crippen LogP contribution < -0.4 is 5.32 Å². The first-order valence-corrected chi connectivity index (χ1v) is 14.3. The number of carboxylic acid groups (broad SMARTS) is 1. The van der Waals surface area contributed by atoms with Gasteiger partial charge in [-0.15, -0.1) is 11.8 Å². The maximum Gasteiger partial charge on any atom is 0.412 e. The van der Waals surface area contributed by atoms with Gasteiger partial charge in [0.15, 0.2) is 0 Å². The zero-order valence-electron chi connectivity index (χ0n) is 22.2. The molecule has 0 bridgehead atoms. The number of hydrogen-bond donors (Lipinski definition) is 3. The number of carbonyl (C=O) groups excluding carboxylic acids is 4. The molecule has 3 N–H and O–H groups in total. The Hall–Kier alpha value is -3.15. The highest BCUT2D eigenvalue weighted by Crippen LogP contribution is 2.52. The Kier molecular flexibility index (Phi) is 9.06. The SMILES string of the molecule is CCCOC(=O)C1=C(S[C@H]2C[C@@H](C(=O)Nc3cccc(C(=O)O)c3)N(C(=O)OP)C2)[C@H](C)[C@@H]2[C@@H]([C@@H](C)O)C(=O)N12. The van der Waals surface area contributed by atoms with Crippen LogP contribution >= 0.6 is 21.2 Å². The fraction of sp³-hybridized carbons (Fsp3) is 0.500. The van der Waals surface area contributed by atoms with Crippen molar-refractivity contribution in [1.82, 2.24) is 9.80 Å². The zero-order valence-corrected chi connectivity index (χ0v) is 24.2. The van der Waals surface area contributed by atoms with E-state index in [-0.39, 0.29) is 53.6 Å². The van der Waals surface area contributed by atoms with E-state index in [1.165, 1.54) is 39.8 Å². The maximum atomic E-state index is 13.2. The minimum absolute atomic E-state index is 0.00166. The fourth-order valence-electron chi connectivity index (χ4n) is 5.47. The number of aliphatic hydroxyl groups excluding tert-OH is 1. The van der Waals surface area contributed by atoms with Crippen molar-refractivity contribution >= 4 is 56.8 Å². The summed E-state index contributed by atoms with van der Waals surface area (Å²) in [5.41, 5.74) is 0.412. The van der Waals surface area contributed by atoms with E-state index in [0.29, 0.717) is 11.3 Å². The fourth-order valence-corrected chi connectivity index (χ4v) is 7.12.